The molecule has 1 aliphatic heterocycles. The van der Waals surface area contributed by atoms with Crippen molar-refractivity contribution in [1.82, 2.24) is 20.0 Å². The molecule has 0 spiro atoms. The Hall–Kier alpha value is -0.160. The molecule has 0 amide bonds. The highest BCUT2D eigenvalue weighted by atomic mass is 15.3. The molecule has 1 aliphatic rings. The minimum Gasteiger partial charge on any atom is -0.316 e. The Kier molecular flexibility index (Phi) is 7.29. The zero-order valence-electron chi connectivity index (χ0n) is 13.7. The van der Waals surface area contributed by atoms with Crippen LogP contribution in [-0.4, -0.2) is 87.7 Å². The van der Waals surface area contributed by atoms with E-state index in [1.807, 2.05) is 0 Å². The van der Waals surface area contributed by atoms with E-state index in [-0.39, 0.29) is 0 Å². The van der Waals surface area contributed by atoms with E-state index in [1.165, 1.54) is 45.8 Å². The summed E-state index contributed by atoms with van der Waals surface area (Å²) in [7, 11) is 4.30. The van der Waals surface area contributed by atoms with E-state index in [1.54, 1.807) is 0 Å². The molecule has 1 N–H and O–H groups in total. The van der Waals surface area contributed by atoms with Gasteiger partial charge in [0.25, 0.3) is 0 Å². The summed E-state index contributed by atoms with van der Waals surface area (Å²) in [6.07, 6.45) is 0. The van der Waals surface area contributed by atoms with Gasteiger partial charge in [0.2, 0.25) is 0 Å². The first-order chi connectivity index (χ1) is 8.93. The second-order valence-electron chi connectivity index (χ2n) is 6.87. The standard InChI is InChI=1S/C15H34N4/c1-6-16-13-15(2,3)14-19-11-9-18(10-12-19)8-7-17(4)5/h16H,6-14H2,1-5H3. The molecule has 0 radical (unpaired) electrons. The van der Waals surface area contributed by atoms with Crippen LogP contribution in [-0.2, 0) is 0 Å². The number of rotatable bonds is 8. The second-order valence-corrected chi connectivity index (χ2v) is 6.87. The quantitative estimate of drug-likeness (QED) is 0.704. The maximum Gasteiger partial charge on any atom is 0.0110 e. The SMILES string of the molecule is CCNCC(C)(C)CN1CCN(CCN(C)C)CC1. The van der Waals surface area contributed by atoms with E-state index in [9.17, 15) is 0 Å². The number of nitrogens with zero attached hydrogens (tertiary/aromatic N) is 3. The summed E-state index contributed by atoms with van der Waals surface area (Å²) in [6.45, 7) is 17.6. The fourth-order valence-electron chi connectivity index (χ4n) is 2.64. The highest BCUT2D eigenvalue weighted by Crippen LogP contribution is 2.17. The summed E-state index contributed by atoms with van der Waals surface area (Å²) >= 11 is 0. The molecule has 0 saturated carbocycles. The zero-order valence-corrected chi connectivity index (χ0v) is 13.7. The molecular formula is C15H34N4. The first kappa shape index (κ1) is 16.9. The topological polar surface area (TPSA) is 21.8 Å². The maximum atomic E-state index is 3.48. The number of hydrogen-bond acceptors (Lipinski definition) is 4. The van der Waals surface area contributed by atoms with Crippen molar-refractivity contribution in [2.24, 2.45) is 5.41 Å². The molecule has 1 fully saturated rings. The molecule has 0 aromatic carbocycles. The Bertz CT molecular complexity index is 232. The summed E-state index contributed by atoms with van der Waals surface area (Å²) < 4.78 is 0. The van der Waals surface area contributed by atoms with Crippen molar-refractivity contribution >= 4 is 0 Å². The molecule has 1 saturated heterocycles. The van der Waals surface area contributed by atoms with Crippen molar-refractivity contribution in [2.75, 3.05) is 73.0 Å². The van der Waals surface area contributed by atoms with Gasteiger partial charge in [-0.05, 0) is 26.1 Å². The average Bonchev–Trinajstić information content (AvgIpc) is 2.35. The van der Waals surface area contributed by atoms with Gasteiger partial charge in [0.15, 0.2) is 0 Å². The van der Waals surface area contributed by atoms with E-state index in [0.717, 1.165) is 13.1 Å². The highest BCUT2D eigenvalue weighted by Gasteiger charge is 2.24. The van der Waals surface area contributed by atoms with Crippen LogP contribution >= 0.6 is 0 Å². The molecule has 4 nitrogen and oxygen atoms in total. The zero-order chi connectivity index (χ0) is 14.3. The van der Waals surface area contributed by atoms with Gasteiger partial charge in [-0.1, -0.05) is 20.8 Å². The van der Waals surface area contributed by atoms with Gasteiger partial charge in [-0.3, -0.25) is 4.90 Å². The first-order valence-corrected chi connectivity index (χ1v) is 7.73. The monoisotopic (exact) mass is 270 g/mol. The normalized spacial score (nSPS) is 19.3. The van der Waals surface area contributed by atoms with E-state index in [2.05, 4.69) is 54.9 Å². The van der Waals surface area contributed by atoms with E-state index in [4.69, 9.17) is 0 Å². The first-order valence-electron chi connectivity index (χ1n) is 7.73. The van der Waals surface area contributed by atoms with Crippen molar-refractivity contribution < 1.29 is 0 Å². The van der Waals surface area contributed by atoms with Crippen LogP contribution in [0.1, 0.15) is 20.8 Å². The Morgan fingerprint density at radius 3 is 2.16 bits per heavy atom. The summed E-state index contributed by atoms with van der Waals surface area (Å²) in [5, 5.41) is 3.48. The van der Waals surface area contributed by atoms with E-state index < -0.39 is 0 Å². The van der Waals surface area contributed by atoms with Crippen molar-refractivity contribution in [3.63, 3.8) is 0 Å². The fourth-order valence-corrected chi connectivity index (χ4v) is 2.64. The molecular weight excluding hydrogens is 236 g/mol. The average molecular weight is 270 g/mol. The minimum absolute atomic E-state index is 0.377. The lowest BCUT2D eigenvalue weighted by Gasteiger charge is -2.39. The van der Waals surface area contributed by atoms with Gasteiger partial charge in [-0.2, -0.15) is 0 Å². The van der Waals surface area contributed by atoms with Crippen molar-refractivity contribution in [2.45, 2.75) is 20.8 Å². The van der Waals surface area contributed by atoms with Gasteiger partial charge in [-0.15, -0.1) is 0 Å². The smallest absolute Gasteiger partial charge is 0.0110 e. The van der Waals surface area contributed by atoms with Crippen LogP contribution < -0.4 is 5.32 Å². The molecule has 0 aromatic heterocycles. The Labute approximate surface area is 120 Å². The number of likely N-dealkylation sites (N-methyl/N-ethyl adjacent to an activating group) is 1. The maximum absolute atomic E-state index is 3.48. The molecule has 4 heteroatoms. The predicted octanol–water partition coefficient (Wildman–Crippen LogP) is 0.801. The van der Waals surface area contributed by atoms with Gasteiger partial charge in [-0.25, -0.2) is 0 Å². The Morgan fingerprint density at radius 1 is 1.05 bits per heavy atom. The molecule has 0 aromatic rings. The van der Waals surface area contributed by atoms with Crippen LogP contribution in [0.2, 0.25) is 0 Å². The lowest BCUT2D eigenvalue weighted by Crippen LogP contribution is -2.51. The Balaban J connectivity index is 2.22. The molecule has 0 aliphatic carbocycles. The predicted molar refractivity (Wildman–Crippen MR) is 83.8 cm³/mol. The summed E-state index contributed by atoms with van der Waals surface area (Å²) in [5.74, 6) is 0. The van der Waals surface area contributed by atoms with Gasteiger partial charge < -0.3 is 15.1 Å². The third-order valence-corrected chi connectivity index (χ3v) is 3.83. The molecule has 1 heterocycles. The van der Waals surface area contributed by atoms with Crippen LogP contribution in [0.4, 0.5) is 0 Å². The molecule has 19 heavy (non-hydrogen) atoms. The summed E-state index contributed by atoms with van der Waals surface area (Å²) in [5.41, 5.74) is 0.377. The molecule has 1 rings (SSSR count). The van der Waals surface area contributed by atoms with Crippen LogP contribution in [0.3, 0.4) is 0 Å². The van der Waals surface area contributed by atoms with Crippen LogP contribution in [0.5, 0.6) is 0 Å². The third-order valence-electron chi connectivity index (χ3n) is 3.83. The van der Waals surface area contributed by atoms with Gasteiger partial charge in [0.1, 0.15) is 0 Å². The molecule has 0 bridgehead atoms. The molecule has 0 atom stereocenters. The molecule has 0 unspecified atom stereocenters. The van der Waals surface area contributed by atoms with Crippen LogP contribution in [0, 0.1) is 5.41 Å². The Morgan fingerprint density at radius 2 is 1.63 bits per heavy atom. The number of piperazine rings is 1. The minimum atomic E-state index is 0.377. The summed E-state index contributed by atoms with van der Waals surface area (Å²) in [6, 6.07) is 0. The van der Waals surface area contributed by atoms with Crippen LogP contribution in [0.15, 0.2) is 0 Å². The third kappa shape index (κ3) is 7.25. The van der Waals surface area contributed by atoms with Crippen molar-refractivity contribution in [3.05, 3.63) is 0 Å². The van der Waals surface area contributed by atoms with E-state index in [0.29, 0.717) is 5.41 Å². The second kappa shape index (κ2) is 8.20. The number of hydrogen-bond donors (Lipinski definition) is 1. The van der Waals surface area contributed by atoms with Crippen molar-refractivity contribution in [3.8, 4) is 0 Å². The van der Waals surface area contributed by atoms with Gasteiger partial charge >= 0.3 is 0 Å². The largest absolute Gasteiger partial charge is 0.316 e. The fraction of sp³-hybridized carbons (Fsp3) is 1.00. The lowest BCUT2D eigenvalue weighted by molar-refractivity contribution is 0.0927. The van der Waals surface area contributed by atoms with Crippen LogP contribution in [0.25, 0.3) is 0 Å². The van der Waals surface area contributed by atoms with Gasteiger partial charge in [0, 0.05) is 52.4 Å². The molecule has 114 valence electrons. The van der Waals surface area contributed by atoms with E-state index >= 15 is 0 Å². The number of nitrogens with one attached hydrogen (secondary N) is 1. The highest BCUT2D eigenvalue weighted by molar-refractivity contribution is 4.80. The summed E-state index contributed by atoms with van der Waals surface area (Å²) in [4.78, 5) is 7.49. The lowest BCUT2D eigenvalue weighted by atomic mass is 9.92. The van der Waals surface area contributed by atoms with Crippen molar-refractivity contribution in [1.29, 1.82) is 0 Å². The van der Waals surface area contributed by atoms with Gasteiger partial charge in [0.05, 0.1) is 0 Å².